The normalized spacial score (nSPS) is 25.0. The maximum absolute atomic E-state index is 12.4. The van der Waals surface area contributed by atoms with Gasteiger partial charge < -0.3 is 9.47 Å². The number of fused-ring (bicyclic) bond motifs is 1. The van der Waals surface area contributed by atoms with E-state index < -0.39 is 11.8 Å². The van der Waals surface area contributed by atoms with E-state index >= 15 is 0 Å². The first-order valence-electron chi connectivity index (χ1n) is 7.75. The molecule has 4 heteroatoms. The molecule has 2 unspecified atom stereocenters. The number of hydrogen-bond acceptors (Lipinski definition) is 4. The highest BCUT2D eigenvalue weighted by Crippen LogP contribution is 2.46. The van der Waals surface area contributed by atoms with Crippen molar-refractivity contribution in [1.82, 2.24) is 0 Å². The topological polar surface area (TPSA) is 52.6 Å². The van der Waals surface area contributed by atoms with E-state index in [0.717, 1.165) is 30.4 Å². The predicted octanol–water partition coefficient (Wildman–Crippen LogP) is 3.18. The van der Waals surface area contributed by atoms with Crippen LogP contribution in [-0.4, -0.2) is 25.2 Å². The second-order valence-corrected chi connectivity index (χ2v) is 5.64. The molecule has 0 aromatic carbocycles. The van der Waals surface area contributed by atoms with Crippen LogP contribution >= 0.6 is 0 Å². The quantitative estimate of drug-likeness (QED) is 0.747. The molecule has 0 spiro atoms. The lowest BCUT2D eigenvalue weighted by Crippen LogP contribution is -2.37. The molecule has 2 atom stereocenters. The fraction of sp³-hybridized carbons (Fsp3) is 0.647. The van der Waals surface area contributed by atoms with Crippen molar-refractivity contribution >= 4 is 11.9 Å². The minimum Gasteiger partial charge on any atom is -0.466 e. The van der Waals surface area contributed by atoms with Crippen LogP contribution in [-0.2, 0) is 19.1 Å². The summed E-state index contributed by atoms with van der Waals surface area (Å²) in [4.78, 5) is 24.7. The minimum absolute atomic E-state index is 0.314. The van der Waals surface area contributed by atoms with Gasteiger partial charge in [0.15, 0.2) is 0 Å². The highest BCUT2D eigenvalue weighted by molar-refractivity contribution is 5.88. The van der Waals surface area contributed by atoms with E-state index in [-0.39, 0.29) is 11.9 Å². The van der Waals surface area contributed by atoms with Gasteiger partial charge in [-0.15, -0.1) is 0 Å². The van der Waals surface area contributed by atoms with Gasteiger partial charge in [-0.05, 0) is 58.1 Å². The van der Waals surface area contributed by atoms with Gasteiger partial charge in [-0.25, -0.2) is 0 Å². The number of allylic oxidation sites excluding steroid dienone is 2. The van der Waals surface area contributed by atoms with Gasteiger partial charge in [-0.2, -0.15) is 0 Å². The number of carbonyl (C=O) groups excluding carboxylic acids is 2. The van der Waals surface area contributed by atoms with E-state index in [0.29, 0.717) is 13.2 Å². The molecule has 2 aliphatic carbocycles. The molecular weight excluding hydrogens is 268 g/mol. The molecule has 0 aliphatic heterocycles. The average molecular weight is 292 g/mol. The largest absolute Gasteiger partial charge is 0.466 e. The third kappa shape index (κ3) is 2.76. The number of ether oxygens (including phenoxy) is 2. The first kappa shape index (κ1) is 15.8. The van der Waals surface area contributed by atoms with Crippen LogP contribution in [0.4, 0.5) is 0 Å². The molecule has 0 aromatic heterocycles. The first-order chi connectivity index (χ1) is 10.0. The lowest BCUT2D eigenvalue weighted by molar-refractivity contribution is -0.157. The van der Waals surface area contributed by atoms with E-state index in [9.17, 15) is 9.59 Å². The molecule has 0 amide bonds. The molecule has 0 radical (unpaired) electrons. The Morgan fingerprint density at radius 2 is 1.29 bits per heavy atom. The summed E-state index contributed by atoms with van der Waals surface area (Å²) in [6.45, 7) is 8.13. The van der Waals surface area contributed by atoms with Crippen LogP contribution in [0.25, 0.3) is 0 Å². The van der Waals surface area contributed by atoms with Crippen LogP contribution in [0.2, 0.25) is 0 Å². The third-order valence-electron chi connectivity index (χ3n) is 4.52. The average Bonchev–Trinajstić information content (AvgIpc) is 2.92. The van der Waals surface area contributed by atoms with Crippen molar-refractivity contribution in [3.8, 4) is 0 Å². The smallest absolute Gasteiger partial charge is 0.314 e. The van der Waals surface area contributed by atoms with E-state index in [1.54, 1.807) is 13.8 Å². The minimum atomic E-state index is -0.527. The summed E-state index contributed by atoms with van der Waals surface area (Å²) in [6.07, 6.45) is 3.07. The zero-order valence-electron chi connectivity index (χ0n) is 13.3. The predicted molar refractivity (Wildman–Crippen MR) is 79.5 cm³/mol. The summed E-state index contributed by atoms with van der Waals surface area (Å²) in [5.74, 6) is -1.68. The molecule has 0 heterocycles. The van der Waals surface area contributed by atoms with Gasteiger partial charge in [-0.1, -0.05) is 11.1 Å². The van der Waals surface area contributed by atoms with Gasteiger partial charge in [0.2, 0.25) is 0 Å². The summed E-state index contributed by atoms with van der Waals surface area (Å²) in [5, 5.41) is 0. The van der Waals surface area contributed by atoms with Crippen LogP contribution in [0.5, 0.6) is 0 Å². The van der Waals surface area contributed by atoms with E-state index in [1.807, 2.05) is 13.8 Å². The third-order valence-corrected chi connectivity index (χ3v) is 4.52. The number of esters is 2. The molecule has 0 bridgehead atoms. The van der Waals surface area contributed by atoms with Gasteiger partial charge in [-0.3, -0.25) is 9.59 Å². The van der Waals surface area contributed by atoms with E-state index in [4.69, 9.17) is 9.47 Å². The summed E-state index contributed by atoms with van der Waals surface area (Å²) < 4.78 is 10.4. The summed E-state index contributed by atoms with van der Waals surface area (Å²) >= 11 is 0. The highest BCUT2D eigenvalue weighted by Gasteiger charge is 2.44. The van der Waals surface area contributed by atoms with Gasteiger partial charge in [0.25, 0.3) is 0 Å². The SMILES string of the molecule is CCOC(=O)C1C(C)=C2CCCC2=C(C)C1C(=O)OCC. The van der Waals surface area contributed by atoms with Crippen molar-refractivity contribution in [1.29, 1.82) is 0 Å². The second kappa shape index (κ2) is 6.46. The maximum atomic E-state index is 12.4. The van der Waals surface area contributed by atoms with E-state index in [1.165, 1.54) is 11.1 Å². The lowest BCUT2D eigenvalue weighted by atomic mass is 9.73. The summed E-state index contributed by atoms with van der Waals surface area (Å²) in [5.41, 5.74) is 4.49. The Bertz CT molecular complexity index is 467. The second-order valence-electron chi connectivity index (χ2n) is 5.64. The van der Waals surface area contributed by atoms with Crippen molar-refractivity contribution in [3.63, 3.8) is 0 Å². The maximum Gasteiger partial charge on any atom is 0.314 e. The molecular formula is C17H24O4. The van der Waals surface area contributed by atoms with Gasteiger partial charge >= 0.3 is 11.9 Å². The zero-order valence-corrected chi connectivity index (χ0v) is 13.3. The monoisotopic (exact) mass is 292 g/mol. The zero-order chi connectivity index (χ0) is 15.6. The standard InChI is InChI=1S/C17H24O4/c1-5-20-16(18)14-10(3)12-8-7-9-13(12)11(4)15(14)17(19)21-6-2/h14-15H,5-9H2,1-4H3. The number of rotatable bonds is 4. The first-order valence-corrected chi connectivity index (χ1v) is 7.75. The lowest BCUT2D eigenvalue weighted by Gasteiger charge is -2.32. The summed E-state index contributed by atoms with van der Waals surface area (Å²) in [7, 11) is 0. The van der Waals surface area contributed by atoms with E-state index in [2.05, 4.69) is 0 Å². The van der Waals surface area contributed by atoms with Crippen molar-refractivity contribution in [2.45, 2.75) is 47.0 Å². The Morgan fingerprint density at radius 3 is 1.62 bits per heavy atom. The molecule has 1 fully saturated rings. The van der Waals surface area contributed by atoms with Crippen molar-refractivity contribution in [2.75, 3.05) is 13.2 Å². The molecule has 21 heavy (non-hydrogen) atoms. The van der Waals surface area contributed by atoms with Crippen LogP contribution in [0.3, 0.4) is 0 Å². The van der Waals surface area contributed by atoms with Crippen molar-refractivity contribution in [3.05, 3.63) is 22.3 Å². The number of carbonyl (C=O) groups is 2. The Morgan fingerprint density at radius 1 is 0.905 bits per heavy atom. The molecule has 116 valence electrons. The molecule has 0 aromatic rings. The molecule has 2 rings (SSSR count). The summed E-state index contributed by atoms with van der Waals surface area (Å²) in [6, 6.07) is 0. The fourth-order valence-electron chi connectivity index (χ4n) is 3.58. The Labute approximate surface area is 126 Å². The highest BCUT2D eigenvalue weighted by atomic mass is 16.5. The molecule has 2 aliphatic rings. The Hall–Kier alpha value is -1.58. The van der Waals surface area contributed by atoms with Crippen molar-refractivity contribution < 1.29 is 19.1 Å². The molecule has 1 saturated carbocycles. The molecule has 0 N–H and O–H groups in total. The fourth-order valence-corrected chi connectivity index (χ4v) is 3.58. The van der Waals surface area contributed by atoms with Crippen LogP contribution in [0.15, 0.2) is 22.3 Å². The Kier molecular flexibility index (Phi) is 4.86. The Balaban J connectivity index is 2.45. The van der Waals surface area contributed by atoms with Gasteiger partial charge in [0.1, 0.15) is 0 Å². The molecule has 4 nitrogen and oxygen atoms in total. The molecule has 0 saturated heterocycles. The van der Waals surface area contributed by atoms with Crippen LogP contribution in [0, 0.1) is 11.8 Å². The van der Waals surface area contributed by atoms with Crippen LogP contribution < -0.4 is 0 Å². The van der Waals surface area contributed by atoms with Crippen molar-refractivity contribution in [2.24, 2.45) is 11.8 Å². The van der Waals surface area contributed by atoms with Gasteiger partial charge in [0.05, 0.1) is 25.0 Å². The van der Waals surface area contributed by atoms with Crippen LogP contribution in [0.1, 0.15) is 47.0 Å². The number of hydrogen-bond donors (Lipinski definition) is 0. The van der Waals surface area contributed by atoms with Gasteiger partial charge in [0, 0.05) is 0 Å².